The van der Waals surface area contributed by atoms with Crippen molar-refractivity contribution < 1.29 is 10.2 Å². The van der Waals surface area contributed by atoms with E-state index in [1.807, 2.05) is 38.4 Å². The molecule has 0 aliphatic carbocycles. The van der Waals surface area contributed by atoms with E-state index in [2.05, 4.69) is 15.0 Å². The summed E-state index contributed by atoms with van der Waals surface area (Å²) < 4.78 is 0. The third-order valence-electron chi connectivity index (χ3n) is 4.40. The zero-order chi connectivity index (χ0) is 21.0. The van der Waals surface area contributed by atoms with Crippen LogP contribution in [-0.2, 0) is 13.1 Å². The van der Waals surface area contributed by atoms with Gasteiger partial charge in [0.25, 0.3) is 0 Å². The standard InChI is InChI=1S/C20H23BN6O2/c1-25(12-14-8-4-6-10-16(14)28)18-22-19(24-20(23-18)27(3)21)26(2)13-15-9-5-7-11-17(15)29/h4-11,28-29H,12-13H2,1-3H3. The molecule has 8 nitrogen and oxygen atoms in total. The number of rotatable bonds is 7. The van der Waals surface area contributed by atoms with E-state index in [1.54, 1.807) is 41.1 Å². The van der Waals surface area contributed by atoms with Crippen molar-refractivity contribution in [1.29, 1.82) is 0 Å². The molecule has 0 aliphatic heterocycles. The minimum absolute atomic E-state index is 0.210. The Balaban J connectivity index is 1.89. The van der Waals surface area contributed by atoms with Crippen molar-refractivity contribution in [3.05, 3.63) is 59.7 Å². The van der Waals surface area contributed by atoms with Gasteiger partial charge in [-0.3, -0.25) is 0 Å². The molecule has 0 atom stereocenters. The van der Waals surface area contributed by atoms with Crippen LogP contribution in [0.3, 0.4) is 0 Å². The predicted octanol–water partition coefficient (Wildman–Crippen LogP) is 2.08. The third-order valence-corrected chi connectivity index (χ3v) is 4.40. The van der Waals surface area contributed by atoms with E-state index in [4.69, 9.17) is 7.98 Å². The topological polar surface area (TPSA) is 88.9 Å². The van der Waals surface area contributed by atoms with Crippen LogP contribution in [-0.4, -0.2) is 54.3 Å². The van der Waals surface area contributed by atoms with Gasteiger partial charge in [0.1, 0.15) is 11.5 Å². The Bertz CT molecular complexity index is 913. The summed E-state index contributed by atoms with van der Waals surface area (Å²) in [5.41, 5.74) is 1.50. The number of hydrogen-bond donors (Lipinski definition) is 2. The zero-order valence-corrected chi connectivity index (χ0v) is 16.7. The highest BCUT2D eigenvalue weighted by Gasteiger charge is 2.16. The zero-order valence-electron chi connectivity index (χ0n) is 16.7. The van der Waals surface area contributed by atoms with Crippen LogP contribution in [0.5, 0.6) is 11.5 Å². The molecule has 0 bridgehead atoms. The molecule has 29 heavy (non-hydrogen) atoms. The summed E-state index contributed by atoms with van der Waals surface area (Å²) in [6.07, 6.45) is 0. The van der Waals surface area contributed by atoms with Crippen LogP contribution in [0.4, 0.5) is 17.8 Å². The number of anilines is 3. The Morgan fingerprint density at radius 1 is 0.690 bits per heavy atom. The lowest BCUT2D eigenvalue weighted by Crippen LogP contribution is -2.26. The summed E-state index contributed by atoms with van der Waals surface area (Å²) in [4.78, 5) is 18.3. The second kappa shape index (κ2) is 8.68. The molecule has 2 radical (unpaired) electrons. The molecular weight excluding hydrogens is 367 g/mol. The second-order valence-electron chi connectivity index (χ2n) is 6.82. The van der Waals surface area contributed by atoms with Gasteiger partial charge >= 0.3 is 0 Å². The lowest BCUT2D eigenvalue weighted by Gasteiger charge is -2.24. The van der Waals surface area contributed by atoms with E-state index in [9.17, 15) is 10.2 Å². The first kappa shape index (κ1) is 20.3. The lowest BCUT2D eigenvalue weighted by molar-refractivity contribution is 0.467. The maximum atomic E-state index is 10.0. The maximum Gasteiger partial charge on any atom is 0.231 e. The number of hydrogen-bond acceptors (Lipinski definition) is 8. The normalized spacial score (nSPS) is 10.6. The van der Waals surface area contributed by atoms with Crippen LogP contribution in [0.1, 0.15) is 11.1 Å². The van der Waals surface area contributed by atoms with Crippen LogP contribution in [0, 0.1) is 0 Å². The van der Waals surface area contributed by atoms with Gasteiger partial charge in [-0.15, -0.1) is 0 Å². The van der Waals surface area contributed by atoms with Crippen molar-refractivity contribution in [3.8, 4) is 11.5 Å². The summed E-state index contributed by atoms with van der Waals surface area (Å²) in [5, 5.41) is 20.1. The Kier molecular flexibility index (Phi) is 6.06. The minimum Gasteiger partial charge on any atom is -0.508 e. The van der Waals surface area contributed by atoms with Crippen molar-refractivity contribution in [2.75, 3.05) is 35.8 Å². The molecule has 0 saturated heterocycles. The highest BCUT2D eigenvalue weighted by atomic mass is 16.3. The average Bonchev–Trinajstić information content (AvgIpc) is 2.71. The number of aromatic hydroxyl groups is 2. The van der Waals surface area contributed by atoms with Gasteiger partial charge in [0, 0.05) is 38.3 Å². The number of nitrogens with zero attached hydrogens (tertiary/aromatic N) is 6. The molecule has 2 N–H and O–H groups in total. The van der Waals surface area contributed by atoms with Crippen molar-refractivity contribution >= 4 is 25.8 Å². The van der Waals surface area contributed by atoms with E-state index in [-0.39, 0.29) is 11.5 Å². The van der Waals surface area contributed by atoms with Crippen molar-refractivity contribution in [1.82, 2.24) is 15.0 Å². The molecule has 0 spiro atoms. The first-order chi connectivity index (χ1) is 13.8. The van der Waals surface area contributed by atoms with Crippen LogP contribution in [0.2, 0.25) is 0 Å². The van der Waals surface area contributed by atoms with Crippen molar-refractivity contribution in [3.63, 3.8) is 0 Å². The molecule has 1 heterocycles. The Morgan fingerprint density at radius 2 is 1.07 bits per heavy atom. The van der Waals surface area contributed by atoms with Gasteiger partial charge in [-0.25, -0.2) is 0 Å². The van der Waals surface area contributed by atoms with Gasteiger partial charge in [0.05, 0.1) is 0 Å². The second-order valence-corrected chi connectivity index (χ2v) is 6.82. The first-order valence-electron chi connectivity index (χ1n) is 9.05. The molecule has 9 heteroatoms. The minimum atomic E-state index is 0.210. The van der Waals surface area contributed by atoms with Crippen LogP contribution in [0.25, 0.3) is 0 Å². The summed E-state index contributed by atoms with van der Waals surface area (Å²) >= 11 is 0. The Hall–Kier alpha value is -3.49. The molecule has 3 rings (SSSR count). The fourth-order valence-electron chi connectivity index (χ4n) is 2.78. The van der Waals surface area contributed by atoms with Crippen LogP contribution < -0.4 is 14.6 Å². The highest BCUT2D eigenvalue weighted by molar-refractivity contribution is 6.16. The largest absolute Gasteiger partial charge is 0.508 e. The Morgan fingerprint density at radius 3 is 1.45 bits per heavy atom. The average molecular weight is 390 g/mol. The molecule has 0 saturated carbocycles. The maximum absolute atomic E-state index is 10.0. The molecule has 0 fully saturated rings. The SMILES string of the molecule is [B]N(C)c1nc(N(C)Cc2ccccc2O)nc(N(C)Cc2ccccc2O)n1. The van der Waals surface area contributed by atoms with E-state index in [0.29, 0.717) is 30.9 Å². The number of para-hydroxylation sites is 2. The first-order valence-corrected chi connectivity index (χ1v) is 9.05. The quantitative estimate of drug-likeness (QED) is 0.593. The van der Waals surface area contributed by atoms with E-state index in [1.165, 1.54) is 4.81 Å². The number of phenols is 2. The monoisotopic (exact) mass is 390 g/mol. The van der Waals surface area contributed by atoms with E-state index in [0.717, 1.165) is 11.1 Å². The molecular formula is C20H23BN6O2. The van der Waals surface area contributed by atoms with Gasteiger partial charge in [-0.05, 0) is 19.2 Å². The number of aromatic nitrogens is 3. The number of benzene rings is 2. The molecule has 2 aromatic carbocycles. The smallest absolute Gasteiger partial charge is 0.231 e. The van der Waals surface area contributed by atoms with Crippen molar-refractivity contribution in [2.45, 2.75) is 13.1 Å². The molecule has 0 amide bonds. The van der Waals surface area contributed by atoms with Gasteiger partial charge in [0.15, 0.2) is 0 Å². The molecule has 148 valence electrons. The van der Waals surface area contributed by atoms with Gasteiger partial charge < -0.3 is 24.8 Å². The fraction of sp³-hybridized carbons (Fsp3) is 0.250. The van der Waals surface area contributed by atoms with E-state index >= 15 is 0 Å². The van der Waals surface area contributed by atoms with Gasteiger partial charge in [0.2, 0.25) is 25.8 Å². The third kappa shape index (κ3) is 4.87. The molecule has 0 aliphatic rings. The van der Waals surface area contributed by atoms with Crippen LogP contribution in [0.15, 0.2) is 48.5 Å². The highest BCUT2D eigenvalue weighted by Crippen LogP contribution is 2.23. The Labute approximate surface area is 171 Å². The summed E-state index contributed by atoms with van der Waals surface area (Å²) in [5.74, 6) is 1.55. The summed E-state index contributed by atoms with van der Waals surface area (Å²) in [7, 11) is 11.2. The fourth-order valence-corrected chi connectivity index (χ4v) is 2.78. The number of phenolic OH excluding ortho intramolecular Hbond substituents is 2. The molecule has 0 unspecified atom stereocenters. The van der Waals surface area contributed by atoms with Gasteiger partial charge in [-0.1, -0.05) is 36.4 Å². The van der Waals surface area contributed by atoms with Crippen LogP contribution >= 0.6 is 0 Å². The predicted molar refractivity (Wildman–Crippen MR) is 114 cm³/mol. The van der Waals surface area contributed by atoms with E-state index < -0.39 is 0 Å². The molecule has 1 aromatic heterocycles. The summed E-state index contributed by atoms with van der Waals surface area (Å²) in [6, 6.07) is 14.2. The van der Waals surface area contributed by atoms with Crippen molar-refractivity contribution in [2.24, 2.45) is 0 Å². The summed E-state index contributed by atoms with van der Waals surface area (Å²) in [6.45, 7) is 0.820. The molecule has 3 aromatic rings. The van der Waals surface area contributed by atoms with Gasteiger partial charge in [-0.2, -0.15) is 15.0 Å². The lowest BCUT2D eigenvalue weighted by atomic mass is 10.2.